The third kappa shape index (κ3) is 60.6. The maximum Gasteiger partial charge on any atom is 0.328 e. The largest absolute Gasteiger partial charge is 0.464 e. The maximum atomic E-state index is 14.5. The zero-order valence-corrected chi connectivity index (χ0v) is 86.3. The number of thioether (sulfide) groups is 4. The normalized spacial score (nSPS) is 11.4. The molecule has 758 valence electrons. The van der Waals surface area contributed by atoms with Crippen molar-refractivity contribution in [1.82, 2.24) is 90.7 Å². The van der Waals surface area contributed by atoms with Gasteiger partial charge in [-0.15, -0.1) is 0 Å². The lowest BCUT2D eigenvalue weighted by atomic mass is 10.1. The van der Waals surface area contributed by atoms with E-state index in [1.54, 1.807) is 102 Å². The van der Waals surface area contributed by atoms with E-state index in [0.717, 1.165) is 0 Å². The monoisotopic (exact) mass is 1950 g/mol. The minimum Gasteiger partial charge on any atom is -0.464 e. The van der Waals surface area contributed by atoms with Crippen LogP contribution in [0.1, 0.15) is 213 Å². The Morgan fingerprint density at radius 3 is 0.742 bits per heavy atom. The van der Waals surface area contributed by atoms with Gasteiger partial charge in [0.05, 0.1) is 6.61 Å². The maximum absolute atomic E-state index is 14.5. The molecule has 0 rings (SSSR count). The zero-order valence-electron chi connectivity index (χ0n) is 83.0. The van der Waals surface area contributed by atoms with Crippen molar-refractivity contribution in [3.05, 3.63) is 0 Å². The highest BCUT2D eigenvalue weighted by Crippen LogP contribution is 2.15. The van der Waals surface area contributed by atoms with Crippen molar-refractivity contribution < 1.29 is 95.8 Å². The summed E-state index contributed by atoms with van der Waals surface area (Å²) in [5.74, 6) is -1.11. The predicted octanol–water partition coefficient (Wildman–Crippen LogP) is 3.64. The summed E-state index contributed by atoms with van der Waals surface area (Å²) in [6.07, 6.45) is 4.06. The molecule has 3 atom stereocenters. The molecule has 42 heteroatoms. The lowest BCUT2D eigenvalue weighted by Crippen LogP contribution is -2.52. The average Bonchev–Trinajstić information content (AvgIpc) is 0.881. The van der Waals surface area contributed by atoms with E-state index >= 15 is 0 Å². The first kappa shape index (κ1) is 125. The van der Waals surface area contributed by atoms with Gasteiger partial charge in [-0.1, -0.05) is 41.5 Å². The third-order valence-electron chi connectivity index (χ3n) is 21.7. The number of ether oxygens (including phenoxy) is 1. The molecule has 0 aliphatic rings. The van der Waals surface area contributed by atoms with Crippen molar-refractivity contribution >= 4 is 159 Å². The molecule has 3 unspecified atom stereocenters. The molecule has 18 amide bonds. The molecule has 0 radical (unpaired) electrons. The minimum atomic E-state index is -1.18. The van der Waals surface area contributed by atoms with Gasteiger partial charge in [0.15, 0.2) is 0 Å². The fraction of sp³-hybridized carbons (Fsp3) is 0.789. The van der Waals surface area contributed by atoms with Gasteiger partial charge in [-0.2, -0.15) is 47.0 Å². The first-order valence-corrected chi connectivity index (χ1v) is 51.5. The highest BCUT2D eigenvalue weighted by Gasteiger charge is 2.30. The molecule has 38 nitrogen and oxygen atoms in total. The number of hydrogen-bond acceptors (Lipinski definition) is 24. The number of esters is 1. The molecule has 0 aromatic heterocycles. The number of unbranched alkanes of at least 4 members (excludes halogenated alkanes) is 3. The van der Waals surface area contributed by atoms with Crippen LogP contribution in [-0.4, -0.2) is 421 Å². The Hall–Kier alpha value is -8.67. The van der Waals surface area contributed by atoms with Crippen LogP contribution < -0.4 is 31.9 Å². The number of likely N-dealkylation sites (N-methyl/N-ethyl adjacent to an activating group) is 4. The molecule has 6 N–H and O–H groups in total. The van der Waals surface area contributed by atoms with Crippen molar-refractivity contribution in [1.29, 1.82) is 0 Å². The van der Waals surface area contributed by atoms with Gasteiger partial charge in [0.25, 0.3) is 0 Å². The van der Waals surface area contributed by atoms with Crippen molar-refractivity contribution in [3.8, 4) is 0 Å². The van der Waals surface area contributed by atoms with Crippen molar-refractivity contribution in [2.75, 3.05) is 231 Å². The molecule has 0 heterocycles. The molecular formula is C90H164N18O20S4. The minimum absolute atomic E-state index is 0.0157. The number of nitrogens with zero attached hydrogens (tertiary/aromatic N) is 12. The number of hydrogen-bond donors (Lipinski definition) is 6. The lowest BCUT2D eigenvalue weighted by Gasteiger charge is -2.28. The van der Waals surface area contributed by atoms with Gasteiger partial charge in [0, 0.05) is 331 Å². The summed E-state index contributed by atoms with van der Waals surface area (Å²) in [5.41, 5.74) is 0. The molecule has 0 aromatic rings. The zero-order chi connectivity index (χ0) is 100. The summed E-state index contributed by atoms with van der Waals surface area (Å²) in [6.45, 7) is 31.2. The average molecular weight is 1950 g/mol. The standard InChI is InChI=1S/C88H158N18O20S4.C2H6/c1-18-82(119)103(51-47-99(71(10)111)43-39-95(14)67(6)107)55-63-127-59-32-78(115)89-36-26-23-29-75(92-80(117)34-61-129-65-57-105(84(121)20-3)53-49-101(73(12)113)45-41-97(16)69(8)109)86(123)91-38-28-25-31-77(88(125)126-22-5)94-87(124)76(93-81(118)35-62-130-66-58-106(85(122)21-4)54-50-102(74(13)114)46-42-98(17)70(9)110)30-24-27-37-90-79(116)33-60-128-64-56-104(83(120)19-2)52-48-100(72(11)112)44-40-96(15)68(7)108;1-2/h75-77H,18-66H2,1-17H3,(H,89,115)(H,90,116)(H,91,123)(H,92,117)(H,93,118)(H,94,124);1-2H3. The summed E-state index contributed by atoms with van der Waals surface area (Å²) in [6, 6.07) is -3.30. The van der Waals surface area contributed by atoms with Crippen LogP contribution in [0, 0.1) is 0 Å². The van der Waals surface area contributed by atoms with Crippen LogP contribution in [0.4, 0.5) is 0 Å². The van der Waals surface area contributed by atoms with Crippen molar-refractivity contribution in [3.63, 3.8) is 0 Å². The van der Waals surface area contributed by atoms with Crippen LogP contribution >= 0.6 is 47.0 Å². The summed E-state index contributed by atoms with van der Waals surface area (Å²) in [4.78, 5) is 264. The van der Waals surface area contributed by atoms with E-state index < -0.39 is 47.7 Å². The Labute approximate surface area is 803 Å². The fourth-order valence-corrected chi connectivity index (χ4v) is 16.2. The molecule has 0 aliphatic carbocycles. The highest BCUT2D eigenvalue weighted by molar-refractivity contribution is 7.99. The van der Waals surface area contributed by atoms with Crippen molar-refractivity contribution in [2.45, 2.75) is 231 Å². The number of amides is 18. The third-order valence-corrected chi connectivity index (χ3v) is 25.6. The van der Waals surface area contributed by atoms with E-state index in [1.165, 1.54) is 122 Å². The Bertz CT molecular complexity index is 3510. The topological polar surface area (TPSA) is 445 Å². The van der Waals surface area contributed by atoms with E-state index in [0.29, 0.717) is 183 Å². The summed E-state index contributed by atoms with van der Waals surface area (Å²) < 4.78 is 5.43. The summed E-state index contributed by atoms with van der Waals surface area (Å²) in [5, 5.41) is 17.3. The number of rotatable bonds is 74. The van der Waals surface area contributed by atoms with Gasteiger partial charge < -0.3 is 95.4 Å². The van der Waals surface area contributed by atoms with E-state index in [2.05, 4.69) is 31.9 Å². The SMILES string of the molecule is CC.CCOC(=O)C(CCCCNC(=O)C(CCCCNC(=O)CCSCCN(CCN(CCN(C)C(C)=O)C(C)=O)C(=O)CC)NC(=O)CCSCCN(CCN(CCN(C)C(C)=O)C(C)=O)C(=O)CC)NC(=O)C(CCCCNC(=O)CCSCCN(CCN(CCN(C)C(C)=O)C(C)=O)C(=O)CC)NC(=O)CCSCCN(CCN(CCN(C)C(C)=O)C(C)=O)C(=O)CC. The van der Waals surface area contributed by atoms with E-state index in [4.69, 9.17) is 4.74 Å². The van der Waals surface area contributed by atoms with Gasteiger partial charge >= 0.3 is 5.97 Å². The van der Waals surface area contributed by atoms with Crippen LogP contribution in [0.3, 0.4) is 0 Å². The van der Waals surface area contributed by atoms with Crippen LogP contribution in [0.15, 0.2) is 0 Å². The van der Waals surface area contributed by atoms with Gasteiger partial charge in [0.1, 0.15) is 18.1 Å². The van der Waals surface area contributed by atoms with Crippen LogP contribution in [0.25, 0.3) is 0 Å². The van der Waals surface area contributed by atoms with Gasteiger partial charge in [-0.3, -0.25) is 86.3 Å². The number of carbonyl (C=O) groups excluding carboxylic acids is 19. The summed E-state index contributed by atoms with van der Waals surface area (Å²) in [7, 11) is 6.60. The second kappa shape index (κ2) is 76.6. The fourth-order valence-electron chi connectivity index (χ4n) is 12.7. The van der Waals surface area contributed by atoms with Gasteiger partial charge in [-0.05, 0) is 64.7 Å². The Kier molecular flexibility index (Phi) is 72.8. The molecule has 0 bridgehead atoms. The quantitative estimate of drug-likeness (QED) is 0.0374. The summed E-state index contributed by atoms with van der Waals surface area (Å²) >= 11 is 5.87. The smallest absolute Gasteiger partial charge is 0.328 e. The molecule has 132 heavy (non-hydrogen) atoms. The second-order valence-corrected chi connectivity index (χ2v) is 36.6. The van der Waals surface area contributed by atoms with Gasteiger partial charge in [0.2, 0.25) is 106 Å². The van der Waals surface area contributed by atoms with Gasteiger partial charge in [-0.25, -0.2) is 4.79 Å². The molecule has 0 saturated carbocycles. The molecule has 0 aromatic carbocycles. The number of carbonyl (C=O) groups is 19. The van der Waals surface area contributed by atoms with Crippen LogP contribution in [-0.2, 0) is 95.8 Å². The molecule has 0 spiro atoms. The highest BCUT2D eigenvalue weighted by atomic mass is 32.2. The molecule has 0 saturated heterocycles. The Morgan fingerprint density at radius 2 is 0.492 bits per heavy atom. The van der Waals surface area contributed by atoms with E-state index in [9.17, 15) is 91.1 Å². The predicted molar refractivity (Wildman–Crippen MR) is 522 cm³/mol. The Balaban J connectivity index is 0. The van der Waals surface area contributed by atoms with Crippen LogP contribution in [0.2, 0.25) is 0 Å². The van der Waals surface area contributed by atoms with E-state index in [1.807, 2.05) is 13.8 Å². The Morgan fingerprint density at radius 1 is 0.258 bits per heavy atom. The molecule has 0 fully saturated rings. The first-order chi connectivity index (χ1) is 62.7. The second-order valence-electron chi connectivity index (χ2n) is 31.7. The van der Waals surface area contributed by atoms with Crippen LogP contribution in [0.5, 0.6) is 0 Å². The first-order valence-electron chi connectivity index (χ1n) is 46.9. The molecular weight excluding hydrogens is 1780 g/mol. The lowest BCUT2D eigenvalue weighted by molar-refractivity contribution is -0.148. The van der Waals surface area contributed by atoms with Crippen molar-refractivity contribution in [2.24, 2.45) is 0 Å². The molecule has 0 aliphatic heterocycles. The van der Waals surface area contributed by atoms with E-state index in [-0.39, 0.29) is 212 Å². The number of nitrogens with one attached hydrogen (secondary N) is 6.